The van der Waals surface area contributed by atoms with Crippen molar-refractivity contribution in [3.63, 3.8) is 0 Å². The van der Waals surface area contributed by atoms with Gasteiger partial charge in [0.2, 0.25) is 13.5 Å². The molecule has 0 aromatic heterocycles. The molecule has 0 N–H and O–H groups in total. The second kappa shape index (κ2) is 8.44. The average molecular weight is 294 g/mol. The SMILES string of the molecule is CC(=O)OCN(CCN(COC(C)=O)[N+](=O)[O-])[N+](=O)[O-]. The van der Waals surface area contributed by atoms with Crippen LogP contribution in [-0.2, 0) is 19.1 Å². The molecule has 0 fully saturated rings. The topological polar surface area (TPSA) is 145 Å². The van der Waals surface area contributed by atoms with Gasteiger partial charge in [-0.1, -0.05) is 10.0 Å². The van der Waals surface area contributed by atoms with Gasteiger partial charge in [0, 0.05) is 13.8 Å². The van der Waals surface area contributed by atoms with E-state index in [0.717, 1.165) is 13.8 Å². The molecule has 0 heterocycles. The highest BCUT2D eigenvalue weighted by molar-refractivity contribution is 5.66. The van der Waals surface area contributed by atoms with Gasteiger partial charge in [-0.25, -0.2) is 20.2 Å². The monoisotopic (exact) mass is 294 g/mol. The van der Waals surface area contributed by atoms with E-state index in [0.29, 0.717) is 10.0 Å². The second-order valence-corrected chi connectivity index (χ2v) is 3.47. The lowest BCUT2D eigenvalue weighted by Crippen LogP contribution is -2.42. The van der Waals surface area contributed by atoms with Crippen LogP contribution in [0.3, 0.4) is 0 Å². The van der Waals surface area contributed by atoms with Crippen LogP contribution in [0.4, 0.5) is 0 Å². The number of ether oxygens (including phenoxy) is 2. The Kier molecular flexibility index (Phi) is 7.32. The molecule has 0 aromatic rings. The van der Waals surface area contributed by atoms with Gasteiger partial charge >= 0.3 is 11.9 Å². The molecule has 0 bridgehead atoms. The number of carbonyl (C=O) groups excluding carboxylic acids is 2. The summed E-state index contributed by atoms with van der Waals surface area (Å²) in [5.74, 6) is -1.44. The van der Waals surface area contributed by atoms with Gasteiger partial charge in [0.1, 0.15) is 13.1 Å². The van der Waals surface area contributed by atoms with Gasteiger partial charge in [0.05, 0.1) is 0 Å². The number of carbonyl (C=O) groups is 2. The Morgan fingerprint density at radius 1 is 0.900 bits per heavy atom. The van der Waals surface area contributed by atoms with Gasteiger partial charge in [0.25, 0.3) is 0 Å². The molecule has 0 aromatic carbocycles. The first-order chi connectivity index (χ1) is 9.23. The van der Waals surface area contributed by atoms with Crippen LogP contribution in [0.15, 0.2) is 0 Å². The van der Waals surface area contributed by atoms with Gasteiger partial charge in [-0.2, -0.15) is 0 Å². The van der Waals surface area contributed by atoms with Gasteiger partial charge < -0.3 is 9.47 Å². The molecule has 0 radical (unpaired) electrons. The number of hydrazine groups is 2. The lowest BCUT2D eigenvalue weighted by atomic mass is 10.6. The van der Waals surface area contributed by atoms with Gasteiger partial charge in [-0.3, -0.25) is 9.59 Å². The Bertz CT molecular complexity index is 351. The quantitative estimate of drug-likeness (QED) is 0.225. The molecular weight excluding hydrogens is 280 g/mol. The Morgan fingerprint density at radius 3 is 1.40 bits per heavy atom. The van der Waals surface area contributed by atoms with E-state index in [1.165, 1.54) is 0 Å². The molecule has 0 unspecified atom stereocenters. The molecular formula is C8H14N4O8. The van der Waals surface area contributed by atoms with E-state index in [1.807, 2.05) is 0 Å². The minimum Gasteiger partial charge on any atom is -0.439 e. The Labute approximate surface area is 113 Å². The van der Waals surface area contributed by atoms with Gasteiger partial charge in [-0.05, 0) is 0 Å². The first-order valence-corrected chi connectivity index (χ1v) is 5.29. The zero-order chi connectivity index (χ0) is 15.7. The third-order valence-electron chi connectivity index (χ3n) is 1.91. The molecule has 0 atom stereocenters. The number of nitro groups is 2. The number of esters is 2. The number of hydrogen-bond acceptors (Lipinski definition) is 8. The molecule has 114 valence electrons. The fourth-order valence-electron chi connectivity index (χ4n) is 0.948. The molecule has 0 aliphatic carbocycles. The molecule has 12 nitrogen and oxygen atoms in total. The van der Waals surface area contributed by atoms with E-state index in [4.69, 9.17) is 0 Å². The summed E-state index contributed by atoms with van der Waals surface area (Å²) < 4.78 is 8.86. The zero-order valence-electron chi connectivity index (χ0n) is 10.9. The molecule has 0 spiro atoms. The van der Waals surface area contributed by atoms with E-state index >= 15 is 0 Å². The van der Waals surface area contributed by atoms with Crippen molar-refractivity contribution in [2.75, 3.05) is 26.6 Å². The molecule has 0 saturated carbocycles. The van der Waals surface area contributed by atoms with Gasteiger partial charge in [0.15, 0.2) is 10.1 Å². The van der Waals surface area contributed by atoms with E-state index in [-0.39, 0.29) is 0 Å². The Balaban J connectivity index is 4.39. The summed E-state index contributed by atoms with van der Waals surface area (Å²) in [6.45, 7) is 0.0677. The van der Waals surface area contributed by atoms with Crippen LogP contribution in [0, 0.1) is 20.2 Å². The fourth-order valence-corrected chi connectivity index (χ4v) is 0.948. The highest BCUT2D eigenvalue weighted by Crippen LogP contribution is 1.96. The van der Waals surface area contributed by atoms with E-state index in [1.54, 1.807) is 0 Å². The summed E-state index contributed by atoms with van der Waals surface area (Å²) in [5, 5.41) is 20.5. The molecule has 0 aliphatic rings. The molecule has 12 heteroatoms. The van der Waals surface area contributed by atoms with Crippen LogP contribution in [0.1, 0.15) is 13.8 Å². The fraction of sp³-hybridized carbons (Fsp3) is 0.750. The smallest absolute Gasteiger partial charge is 0.304 e. The van der Waals surface area contributed by atoms with Gasteiger partial charge in [-0.15, -0.1) is 0 Å². The highest BCUT2D eigenvalue weighted by atomic mass is 16.7. The molecule has 0 rings (SSSR count). The maximum absolute atomic E-state index is 10.6. The first-order valence-electron chi connectivity index (χ1n) is 5.29. The minimum atomic E-state index is -0.854. The minimum absolute atomic E-state index is 0.400. The second-order valence-electron chi connectivity index (χ2n) is 3.47. The highest BCUT2D eigenvalue weighted by Gasteiger charge is 2.22. The summed E-state index contributed by atoms with van der Waals surface area (Å²) in [4.78, 5) is 42.3. The van der Waals surface area contributed by atoms with Crippen LogP contribution >= 0.6 is 0 Å². The molecule has 0 saturated heterocycles. The van der Waals surface area contributed by atoms with Crippen molar-refractivity contribution in [3.8, 4) is 0 Å². The average Bonchev–Trinajstić information content (AvgIpc) is 2.30. The maximum Gasteiger partial charge on any atom is 0.304 e. The van der Waals surface area contributed by atoms with Crippen molar-refractivity contribution < 1.29 is 29.1 Å². The standard InChI is InChI=1S/C8H14N4O8/c1-7(13)19-5-9(11(15)16)3-4-10(12(17)18)6-20-8(2)14/h3-6H2,1-2H3. The summed E-state index contributed by atoms with van der Waals surface area (Å²) >= 11 is 0. The summed E-state index contributed by atoms with van der Waals surface area (Å²) in [6.07, 6.45) is 0. The third kappa shape index (κ3) is 7.62. The van der Waals surface area contributed by atoms with Crippen LogP contribution in [0.2, 0.25) is 0 Å². The Morgan fingerprint density at radius 2 is 1.20 bits per heavy atom. The third-order valence-corrected chi connectivity index (χ3v) is 1.91. The summed E-state index contributed by atoms with van der Waals surface area (Å²) in [6, 6.07) is 0. The van der Waals surface area contributed by atoms with Crippen molar-refractivity contribution in [2.45, 2.75) is 13.8 Å². The van der Waals surface area contributed by atoms with Crippen molar-refractivity contribution in [1.82, 2.24) is 10.0 Å². The van der Waals surface area contributed by atoms with Crippen LogP contribution in [-0.4, -0.2) is 58.6 Å². The molecule has 0 aliphatic heterocycles. The number of rotatable bonds is 9. The predicted molar refractivity (Wildman–Crippen MR) is 60.7 cm³/mol. The zero-order valence-corrected chi connectivity index (χ0v) is 10.9. The Hall–Kier alpha value is -2.66. The first kappa shape index (κ1) is 17.3. The van der Waals surface area contributed by atoms with Crippen molar-refractivity contribution in [1.29, 1.82) is 0 Å². The van der Waals surface area contributed by atoms with Crippen molar-refractivity contribution in [2.24, 2.45) is 0 Å². The lowest BCUT2D eigenvalue weighted by molar-refractivity contribution is -0.681. The maximum atomic E-state index is 10.6. The predicted octanol–water partition coefficient (Wildman–Crippen LogP) is -0.985. The van der Waals surface area contributed by atoms with Crippen molar-refractivity contribution in [3.05, 3.63) is 20.2 Å². The van der Waals surface area contributed by atoms with E-state index in [9.17, 15) is 29.8 Å². The van der Waals surface area contributed by atoms with E-state index in [2.05, 4.69) is 9.47 Å². The van der Waals surface area contributed by atoms with Crippen molar-refractivity contribution >= 4 is 11.9 Å². The largest absolute Gasteiger partial charge is 0.439 e. The summed E-state index contributed by atoms with van der Waals surface area (Å²) in [5.41, 5.74) is 0. The molecule has 20 heavy (non-hydrogen) atoms. The van der Waals surface area contributed by atoms with Crippen LogP contribution < -0.4 is 0 Å². The summed E-state index contributed by atoms with van der Waals surface area (Å²) in [7, 11) is 0. The normalized spacial score (nSPS) is 9.50. The van der Waals surface area contributed by atoms with Crippen LogP contribution in [0.25, 0.3) is 0 Å². The van der Waals surface area contributed by atoms with E-state index < -0.39 is 48.6 Å². The molecule has 0 amide bonds. The van der Waals surface area contributed by atoms with Crippen LogP contribution in [0.5, 0.6) is 0 Å². The number of hydrogen-bond donors (Lipinski definition) is 0. The lowest BCUT2D eigenvalue weighted by Gasteiger charge is -2.17. The number of nitrogens with zero attached hydrogens (tertiary/aromatic N) is 4.